The zero-order valence-electron chi connectivity index (χ0n) is 10.00. The summed E-state index contributed by atoms with van der Waals surface area (Å²) in [7, 11) is 0. The lowest BCUT2D eigenvalue weighted by molar-refractivity contribution is -0.139. The Hall–Kier alpha value is -1.63. The number of thioether (sulfide) groups is 1. The summed E-state index contributed by atoms with van der Waals surface area (Å²) in [6.45, 7) is 2.00. The van der Waals surface area contributed by atoms with Gasteiger partial charge >= 0.3 is 5.97 Å². The standard InChI is InChI=1S/C11H15N3O3S/c1-2-18-6-3-8(11(16)17)14-10(15)9-7-12-4-5-13-9/h4-5,7-8H,2-3,6H2,1H3,(H,14,15)(H,16,17). The predicted octanol–water partition coefficient (Wildman–Crippen LogP) is 0.803. The van der Waals surface area contributed by atoms with Gasteiger partial charge in [-0.2, -0.15) is 11.8 Å². The third kappa shape index (κ3) is 4.70. The Labute approximate surface area is 109 Å². The molecular weight excluding hydrogens is 254 g/mol. The van der Waals surface area contributed by atoms with Crippen LogP contribution in [0.15, 0.2) is 18.6 Å². The van der Waals surface area contributed by atoms with Gasteiger partial charge in [0.25, 0.3) is 5.91 Å². The number of hydrogen-bond acceptors (Lipinski definition) is 5. The second-order valence-corrected chi connectivity index (χ2v) is 4.83. The topological polar surface area (TPSA) is 92.2 Å². The molecule has 1 amide bonds. The van der Waals surface area contributed by atoms with Gasteiger partial charge in [-0.1, -0.05) is 6.92 Å². The Bertz CT molecular complexity index is 400. The third-order valence-electron chi connectivity index (χ3n) is 2.15. The highest BCUT2D eigenvalue weighted by atomic mass is 32.2. The van der Waals surface area contributed by atoms with Crippen LogP contribution in [-0.2, 0) is 4.79 Å². The van der Waals surface area contributed by atoms with Gasteiger partial charge in [0.15, 0.2) is 0 Å². The molecule has 0 bridgehead atoms. The molecule has 0 aliphatic carbocycles. The van der Waals surface area contributed by atoms with Crippen LogP contribution in [0.4, 0.5) is 0 Å². The van der Waals surface area contributed by atoms with Crippen molar-refractivity contribution >= 4 is 23.6 Å². The molecule has 98 valence electrons. The van der Waals surface area contributed by atoms with Gasteiger partial charge in [-0.15, -0.1) is 0 Å². The van der Waals surface area contributed by atoms with Crippen molar-refractivity contribution in [2.45, 2.75) is 19.4 Å². The van der Waals surface area contributed by atoms with Crippen LogP contribution in [0.2, 0.25) is 0 Å². The molecular formula is C11H15N3O3S. The Morgan fingerprint density at radius 3 is 2.83 bits per heavy atom. The first kappa shape index (κ1) is 14.4. The molecule has 1 atom stereocenters. The minimum Gasteiger partial charge on any atom is -0.480 e. The van der Waals surface area contributed by atoms with Crippen molar-refractivity contribution in [1.29, 1.82) is 0 Å². The highest BCUT2D eigenvalue weighted by Gasteiger charge is 2.20. The van der Waals surface area contributed by atoms with E-state index in [1.807, 2.05) is 6.92 Å². The van der Waals surface area contributed by atoms with Gasteiger partial charge in [0.2, 0.25) is 0 Å². The van der Waals surface area contributed by atoms with Crippen LogP contribution in [0.5, 0.6) is 0 Å². The third-order valence-corrected chi connectivity index (χ3v) is 3.09. The number of aromatic nitrogens is 2. The quantitative estimate of drug-likeness (QED) is 0.711. The first-order valence-electron chi connectivity index (χ1n) is 5.52. The summed E-state index contributed by atoms with van der Waals surface area (Å²) < 4.78 is 0. The Balaban J connectivity index is 2.55. The fraction of sp³-hybridized carbons (Fsp3) is 0.455. The number of hydrogen-bond donors (Lipinski definition) is 2. The minimum atomic E-state index is -1.04. The maximum Gasteiger partial charge on any atom is 0.326 e. The maximum atomic E-state index is 11.7. The Morgan fingerprint density at radius 1 is 1.50 bits per heavy atom. The van der Waals surface area contributed by atoms with Crippen molar-refractivity contribution in [2.24, 2.45) is 0 Å². The number of amides is 1. The van der Waals surface area contributed by atoms with Gasteiger partial charge in [0, 0.05) is 12.4 Å². The van der Waals surface area contributed by atoms with Gasteiger partial charge < -0.3 is 10.4 Å². The Morgan fingerprint density at radius 2 is 2.28 bits per heavy atom. The van der Waals surface area contributed by atoms with Crippen LogP contribution >= 0.6 is 11.8 Å². The number of rotatable bonds is 7. The normalized spacial score (nSPS) is 11.8. The van der Waals surface area contributed by atoms with Gasteiger partial charge in [-0.3, -0.25) is 9.78 Å². The molecule has 0 aliphatic heterocycles. The van der Waals surface area contributed by atoms with Gasteiger partial charge in [-0.25, -0.2) is 9.78 Å². The van der Waals surface area contributed by atoms with E-state index in [4.69, 9.17) is 5.11 Å². The number of carboxylic acid groups (broad SMARTS) is 1. The SMILES string of the molecule is CCSCCC(NC(=O)c1cnccn1)C(=O)O. The van der Waals surface area contributed by atoms with E-state index in [1.165, 1.54) is 18.6 Å². The van der Waals surface area contributed by atoms with Crippen molar-refractivity contribution in [3.05, 3.63) is 24.3 Å². The summed E-state index contributed by atoms with van der Waals surface area (Å²) in [6.07, 6.45) is 4.52. The Kier molecular flexibility index (Phi) is 6.13. The smallest absolute Gasteiger partial charge is 0.326 e. The molecule has 7 heteroatoms. The molecule has 0 saturated heterocycles. The lowest BCUT2D eigenvalue weighted by Gasteiger charge is -2.13. The van der Waals surface area contributed by atoms with E-state index < -0.39 is 17.9 Å². The van der Waals surface area contributed by atoms with Crippen LogP contribution in [-0.4, -0.2) is 44.5 Å². The second-order valence-electron chi connectivity index (χ2n) is 3.44. The van der Waals surface area contributed by atoms with E-state index in [2.05, 4.69) is 15.3 Å². The minimum absolute atomic E-state index is 0.117. The summed E-state index contributed by atoms with van der Waals surface area (Å²) >= 11 is 1.63. The zero-order chi connectivity index (χ0) is 13.4. The van der Waals surface area contributed by atoms with Crippen LogP contribution in [0, 0.1) is 0 Å². The largest absolute Gasteiger partial charge is 0.480 e. The molecule has 0 radical (unpaired) electrons. The average Bonchev–Trinajstić information content (AvgIpc) is 2.38. The molecule has 1 heterocycles. The van der Waals surface area contributed by atoms with E-state index in [9.17, 15) is 9.59 Å². The molecule has 0 saturated carbocycles. The van der Waals surface area contributed by atoms with E-state index in [-0.39, 0.29) is 5.69 Å². The van der Waals surface area contributed by atoms with E-state index in [0.29, 0.717) is 12.2 Å². The van der Waals surface area contributed by atoms with E-state index in [0.717, 1.165) is 5.75 Å². The van der Waals surface area contributed by atoms with Gasteiger partial charge in [0.1, 0.15) is 11.7 Å². The molecule has 6 nitrogen and oxygen atoms in total. The van der Waals surface area contributed by atoms with Crippen molar-refractivity contribution in [3.63, 3.8) is 0 Å². The number of nitrogens with zero attached hydrogens (tertiary/aromatic N) is 2. The number of aliphatic carboxylic acids is 1. The van der Waals surface area contributed by atoms with Crippen LogP contribution in [0.1, 0.15) is 23.8 Å². The van der Waals surface area contributed by atoms with Crippen molar-refractivity contribution in [2.75, 3.05) is 11.5 Å². The van der Waals surface area contributed by atoms with Crippen molar-refractivity contribution in [3.8, 4) is 0 Å². The van der Waals surface area contributed by atoms with Gasteiger partial charge in [0.05, 0.1) is 6.20 Å². The predicted molar refractivity (Wildman–Crippen MR) is 68.5 cm³/mol. The van der Waals surface area contributed by atoms with Crippen LogP contribution in [0.25, 0.3) is 0 Å². The first-order chi connectivity index (χ1) is 8.65. The second kappa shape index (κ2) is 7.65. The molecule has 18 heavy (non-hydrogen) atoms. The summed E-state index contributed by atoms with van der Waals surface area (Å²) in [5.74, 6) is 0.0551. The molecule has 0 aliphatic rings. The molecule has 0 fully saturated rings. The van der Waals surface area contributed by atoms with Crippen LogP contribution in [0.3, 0.4) is 0 Å². The summed E-state index contributed by atoms with van der Waals surface area (Å²) in [4.78, 5) is 30.3. The molecule has 1 aromatic rings. The monoisotopic (exact) mass is 269 g/mol. The first-order valence-corrected chi connectivity index (χ1v) is 6.68. The number of carbonyl (C=O) groups is 2. The zero-order valence-corrected chi connectivity index (χ0v) is 10.8. The van der Waals surface area contributed by atoms with Crippen LogP contribution < -0.4 is 5.32 Å². The highest BCUT2D eigenvalue weighted by Crippen LogP contribution is 2.05. The average molecular weight is 269 g/mol. The molecule has 1 rings (SSSR count). The fourth-order valence-electron chi connectivity index (χ4n) is 1.25. The lowest BCUT2D eigenvalue weighted by atomic mass is 10.2. The van der Waals surface area contributed by atoms with Crippen molar-refractivity contribution in [1.82, 2.24) is 15.3 Å². The van der Waals surface area contributed by atoms with E-state index in [1.54, 1.807) is 11.8 Å². The number of carbonyl (C=O) groups excluding carboxylic acids is 1. The summed E-state index contributed by atoms with van der Waals surface area (Å²) in [5.41, 5.74) is 0.117. The summed E-state index contributed by atoms with van der Waals surface area (Å²) in [6, 6.07) is -0.890. The number of carboxylic acids is 1. The van der Waals surface area contributed by atoms with Gasteiger partial charge in [-0.05, 0) is 17.9 Å². The lowest BCUT2D eigenvalue weighted by Crippen LogP contribution is -2.41. The molecule has 0 spiro atoms. The molecule has 1 aromatic heterocycles. The molecule has 2 N–H and O–H groups in total. The maximum absolute atomic E-state index is 11.7. The highest BCUT2D eigenvalue weighted by molar-refractivity contribution is 7.99. The fourth-order valence-corrected chi connectivity index (χ4v) is 1.94. The molecule has 0 aromatic carbocycles. The van der Waals surface area contributed by atoms with Crippen molar-refractivity contribution < 1.29 is 14.7 Å². The number of nitrogens with one attached hydrogen (secondary N) is 1. The van der Waals surface area contributed by atoms with E-state index >= 15 is 0 Å². The summed E-state index contributed by atoms with van der Waals surface area (Å²) in [5, 5.41) is 11.4. The molecule has 1 unspecified atom stereocenters.